The molecule has 0 aromatic heterocycles. The lowest BCUT2D eigenvalue weighted by atomic mass is 10.0. The normalized spacial score (nSPS) is 17.5. The van der Waals surface area contributed by atoms with Crippen LogP contribution in [0.4, 0.5) is 57.1 Å². The first kappa shape index (κ1) is 22.5. The van der Waals surface area contributed by atoms with E-state index in [1.165, 1.54) is 0 Å². The average molecular weight is 394 g/mol. The van der Waals surface area contributed by atoms with Gasteiger partial charge < -0.3 is 9.84 Å². The van der Waals surface area contributed by atoms with E-state index in [1.807, 2.05) is 0 Å². The Morgan fingerprint density at radius 2 is 1.08 bits per heavy atom. The lowest BCUT2D eigenvalue weighted by Gasteiger charge is -2.34. The number of aliphatic carboxylic acids is 1. The number of ether oxygens (including phenoxy) is 1. The highest BCUT2D eigenvalue weighted by Gasteiger charge is 2.82. The number of carbonyl (C=O) groups is 1. The van der Waals surface area contributed by atoms with Crippen molar-refractivity contribution >= 4 is 5.97 Å². The van der Waals surface area contributed by atoms with Gasteiger partial charge in [-0.25, -0.2) is 4.79 Å². The zero-order valence-corrected chi connectivity index (χ0v) is 10.4. The zero-order valence-electron chi connectivity index (χ0n) is 10.4. The molecule has 0 amide bonds. The van der Waals surface area contributed by atoms with Gasteiger partial charge in [0.1, 0.15) is 6.61 Å². The summed E-state index contributed by atoms with van der Waals surface area (Å²) in [6.45, 7) is -3.76. The molecular formula is C8H3F13O3. The van der Waals surface area contributed by atoms with Crippen LogP contribution in [-0.4, -0.2) is 53.7 Å². The molecule has 0 saturated carbocycles. The standard InChI is InChI=1S/C8H3F13O3/c9-3(10,5(12,13)6(14,15)8(19,20)21)1-24-4(11,2(22)23)7(16,17)18/h1H2,(H,22,23). The number of rotatable bonds is 6. The fourth-order valence-electron chi connectivity index (χ4n) is 0.953. The van der Waals surface area contributed by atoms with Gasteiger partial charge in [-0.15, -0.1) is 0 Å². The fourth-order valence-corrected chi connectivity index (χ4v) is 0.953. The van der Waals surface area contributed by atoms with E-state index in [9.17, 15) is 61.9 Å². The van der Waals surface area contributed by atoms with Gasteiger partial charge in [0.05, 0.1) is 0 Å². The number of carboxylic acids is 1. The summed E-state index contributed by atoms with van der Waals surface area (Å²) >= 11 is 0. The molecule has 1 N–H and O–H groups in total. The van der Waals surface area contributed by atoms with Gasteiger partial charge >= 0.3 is 41.9 Å². The first-order chi connectivity index (χ1) is 10.2. The molecule has 1 unspecified atom stereocenters. The molecule has 0 spiro atoms. The highest BCUT2D eigenvalue weighted by molar-refractivity contribution is 5.76. The smallest absolute Gasteiger partial charge is 0.460 e. The molecule has 0 heterocycles. The van der Waals surface area contributed by atoms with Crippen molar-refractivity contribution in [2.75, 3.05) is 6.61 Å². The topological polar surface area (TPSA) is 46.5 Å². The summed E-state index contributed by atoms with van der Waals surface area (Å²) < 4.78 is 162. The number of hydrogen-bond donors (Lipinski definition) is 1. The van der Waals surface area contributed by atoms with E-state index in [-0.39, 0.29) is 0 Å². The Bertz CT molecular complexity index is 479. The summed E-state index contributed by atoms with van der Waals surface area (Å²) in [5.74, 6) is -31.3. The van der Waals surface area contributed by atoms with Gasteiger partial charge in [0.2, 0.25) is 0 Å². The molecule has 0 bridgehead atoms. The molecule has 0 aliphatic rings. The fraction of sp³-hybridized carbons (Fsp3) is 0.875. The van der Waals surface area contributed by atoms with Gasteiger partial charge in [-0.3, -0.25) is 0 Å². The second-order valence-corrected chi connectivity index (χ2v) is 4.04. The van der Waals surface area contributed by atoms with Crippen molar-refractivity contribution in [3.63, 3.8) is 0 Å². The minimum atomic E-state index is -7.45. The van der Waals surface area contributed by atoms with Crippen LogP contribution in [0.15, 0.2) is 0 Å². The molecule has 0 rings (SSSR count). The van der Waals surface area contributed by atoms with Crippen LogP contribution >= 0.6 is 0 Å². The quantitative estimate of drug-likeness (QED) is 0.698. The Balaban J connectivity index is 5.68. The monoisotopic (exact) mass is 394 g/mol. The summed E-state index contributed by atoms with van der Waals surface area (Å²) in [4.78, 5) is 10.0. The van der Waals surface area contributed by atoms with Gasteiger partial charge in [0.25, 0.3) is 0 Å². The van der Waals surface area contributed by atoms with Crippen molar-refractivity contribution in [1.82, 2.24) is 0 Å². The van der Waals surface area contributed by atoms with Crippen molar-refractivity contribution in [1.29, 1.82) is 0 Å². The van der Waals surface area contributed by atoms with Crippen LogP contribution in [0.2, 0.25) is 0 Å². The molecule has 144 valence electrons. The maximum atomic E-state index is 12.9. The van der Waals surface area contributed by atoms with Gasteiger partial charge in [-0.2, -0.15) is 57.1 Å². The SMILES string of the molecule is O=C(O)C(F)(OCC(F)(F)C(F)(F)C(F)(F)C(F)(F)F)C(F)(F)F. The van der Waals surface area contributed by atoms with E-state index in [0.29, 0.717) is 0 Å². The summed E-state index contributed by atoms with van der Waals surface area (Å²) in [5.41, 5.74) is 0. The largest absolute Gasteiger partial charge is 0.477 e. The molecule has 24 heavy (non-hydrogen) atoms. The number of carboxylic acid groups (broad SMARTS) is 1. The molecule has 0 aromatic rings. The highest BCUT2D eigenvalue weighted by atomic mass is 19.4. The second-order valence-electron chi connectivity index (χ2n) is 4.04. The molecule has 0 aromatic carbocycles. The summed E-state index contributed by atoms with van der Waals surface area (Å²) in [6.07, 6.45) is -13.9. The van der Waals surface area contributed by atoms with E-state index in [1.54, 1.807) is 0 Å². The molecule has 16 heteroatoms. The maximum absolute atomic E-state index is 12.9. The summed E-state index contributed by atoms with van der Waals surface area (Å²) in [6, 6.07) is 0. The van der Waals surface area contributed by atoms with Crippen LogP contribution in [0.5, 0.6) is 0 Å². The van der Waals surface area contributed by atoms with E-state index < -0.39 is 48.6 Å². The van der Waals surface area contributed by atoms with Gasteiger partial charge in [0, 0.05) is 0 Å². The molecule has 0 aliphatic heterocycles. The number of hydrogen-bond acceptors (Lipinski definition) is 2. The lowest BCUT2D eigenvalue weighted by Crippen LogP contribution is -2.63. The third kappa shape index (κ3) is 3.46. The molecule has 1 atom stereocenters. The maximum Gasteiger partial charge on any atom is 0.460 e. The third-order valence-corrected chi connectivity index (χ3v) is 2.30. The molecule has 3 nitrogen and oxygen atoms in total. The van der Waals surface area contributed by atoms with Crippen LogP contribution in [-0.2, 0) is 9.53 Å². The van der Waals surface area contributed by atoms with Crippen molar-refractivity contribution in [3.05, 3.63) is 0 Å². The highest BCUT2D eigenvalue weighted by Crippen LogP contribution is 2.53. The van der Waals surface area contributed by atoms with Crippen molar-refractivity contribution < 1.29 is 71.7 Å². The molecule has 0 aliphatic carbocycles. The summed E-state index contributed by atoms with van der Waals surface area (Å²) in [5, 5.41) is 7.88. The Kier molecular flexibility index (Phi) is 5.44. The lowest BCUT2D eigenvalue weighted by molar-refractivity contribution is -0.409. The van der Waals surface area contributed by atoms with Crippen LogP contribution < -0.4 is 0 Å². The predicted molar refractivity (Wildman–Crippen MR) is 44.4 cm³/mol. The van der Waals surface area contributed by atoms with Crippen molar-refractivity contribution in [3.8, 4) is 0 Å². The Morgan fingerprint density at radius 3 is 1.33 bits per heavy atom. The molecule has 0 fully saturated rings. The minimum Gasteiger partial charge on any atom is -0.477 e. The first-order valence-corrected chi connectivity index (χ1v) is 4.98. The van der Waals surface area contributed by atoms with Gasteiger partial charge in [-0.1, -0.05) is 0 Å². The van der Waals surface area contributed by atoms with E-state index >= 15 is 0 Å². The average Bonchev–Trinajstić information content (AvgIpc) is 2.32. The Labute approximate surface area is 122 Å². The zero-order chi connectivity index (χ0) is 20.0. The van der Waals surface area contributed by atoms with E-state index in [4.69, 9.17) is 5.11 Å². The van der Waals surface area contributed by atoms with Gasteiger partial charge in [-0.05, 0) is 0 Å². The molecule has 0 radical (unpaired) electrons. The van der Waals surface area contributed by atoms with Crippen molar-refractivity contribution in [2.45, 2.75) is 36.0 Å². The van der Waals surface area contributed by atoms with Crippen LogP contribution in [0.25, 0.3) is 0 Å². The Hall–Kier alpha value is -1.48. The van der Waals surface area contributed by atoms with Crippen LogP contribution in [0, 0.1) is 0 Å². The molecule has 0 saturated heterocycles. The van der Waals surface area contributed by atoms with Crippen LogP contribution in [0.3, 0.4) is 0 Å². The third-order valence-electron chi connectivity index (χ3n) is 2.30. The number of alkyl halides is 13. The summed E-state index contributed by atoms with van der Waals surface area (Å²) in [7, 11) is 0. The Morgan fingerprint density at radius 1 is 0.708 bits per heavy atom. The van der Waals surface area contributed by atoms with Gasteiger partial charge in [0.15, 0.2) is 0 Å². The second kappa shape index (κ2) is 5.80. The van der Waals surface area contributed by atoms with Crippen LogP contribution in [0.1, 0.15) is 0 Å². The van der Waals surface area contributed by atoms with Crippen molar-refractivity contribution in [2.24, 2.45) is 0 Å². The number of halogens is 13. The minimum absolute atomic E-state index is 2.39. The predicted octanol–water partition coefficient (Wildman–Crippen LogP) is 3.78. The molecular weight excluding hydrogens is 391 g/mol. The first-order valence-electron chi connectivity index (χ1n) is 4.98. The van der Waals surface area contributed by atoms with E-state index in [2.05, 4.69) is 4.74 Å². The van der Waals surface area contributed by atoms with E-state index in [0.717, 1.165) is 0 Å².